The van der Waals surface area contributed by atoms with Crippen molar-refractivity contribution >= 4 is 17.5 Å². The number of nitrogens with one attached hydrogen (secondary N) is 1. The quantitative estimate of drug-likeness (QED) is 0.600. The molecule has 0 aliphatic heterocycles. The molecule has 0 saturated heterocycles. The molecule has 0 aliphatic rings. The van der Waals surface area contributed by atoms with Gasteiger partial charge in [-0.3, -0.25) is 4.57 Å². The number of carbonyl (C=O) groups excluding carboxylic acids is 1. The lowest BCUT2D eigenvalue weighted by Crippen LogP contribution is -2.18. The molecule has 0 fully saturated rings. The van der Waals surface area contributed by atoms with Gasteiger partial charge in [-0.15, -0.1) is 5.10 Å². The lowest BCUT2D eigenvalue weighted by Gasteiger charge is -2.05. The highest BCUT2D eigenvalue weighted by molar-refractivity contribution is 7.99. The van der Waals surface area contributed by atoms with Crippen LogP contribution in [0.15, 0.2) is 40.3 Å². The molecular formula is C15H19N3O2S. The third kappa shape index (κ3) is 4.90. The molecule has 1 aromatic heterocycles. The van der Waals surface area contributed by atoms with Gasteiger partial charge in [-0.05, 0) is 25.3 Å². The molecule has 0 radical (unpaired) electrons. The fourth-order valence-electron chi connectivity index (χ4n) is 1.98. The number of aromatic nitrogens is 3. The Morgan fingerprint density at radius 2 is 2.10 bits per heavy atom. The second kappa shape index (κ2) is 7.83. The average molecular weight is 305 g/mol. The number of rotatable bonds is 8. The van der Waals surface area contributed by atoms with Gasteiger partial charge in [-0.1, -0.05) is 42.1 Å². The number of aromatic amines is 1. The van der Waals surface area contributed by atoms with Crippen molar-refractivity contribution < 1.29 is 4.79 Å². The summed E-state index contributed by atoms with van der Waals surface area (Å²) in [6.07, 6.45) is 2.17. The lowest BCUT2D eigenvalue weighted by atomic mass is 10.1. The van der Waals surface area contributed by atoms with Gasteiger partial charge in [0.2, 0.25) is 0 Å². The van der Waals surface area contributed by atoms with Crippen molar-refractivity contribution in [2.45, 2.75) is 37.9 Å². The molecule has 21 heavy (non-hydrogen) atoms. The first kappa shape index (κ1) is 15.6. The SMILES string of the molecule is CC(=O)CCCSc1n[nH]c(=O)n1CCc1ccccc1. The van der Waals surface area contributed by atoms with Gasteiger partial charge in [0.1, 0.15) is 5.78 Å². The maximum Gasteiger partial charge on any atom is 0.343 e. The number of thioether (sulfide) groups is 1. The summed E-state index contributed by atoms with van der Waals surface area (Å²) in [6.45, 7) is 2.20. The minimum Gasteiger partial charge on any atom is -0.300 e. The molecule has 2 rings (SSSR count). The van der Waals surface area contributed by atoms with Gasteiger partial charge in [-0.25, -0.2) is 9.89 Å². The van der Waals surface area contributed by atoms with Crippen molar-refractivity contribution in [3.05, 3.63) is 46.4 Å². The number of carbonyl (C=O) groups is 1. The van der Waals surface area contributed by atoms with E-state index >= 15 is 0 Å². The summed E-state index contributed by atoms with van der Waals surface area (Å²) in [4.78, 5) is 22.7. The van der Waals surface area contributed by atoms with Crippen LogP contribution in [-0.2, 0) is 17.8 Å². The van der Waals surface area contributed by atoms with Crippen molar-refractivity contribution in [3.63, 3.8) is 0 Å². The van der Waals surface area contributed by atoms with Gasteiger partial charge >= 0.3 is 5.69 Å². The average Bonchev–Trinajstić information content (AvgIpc) is 2.83. The molecule has 1 heterocycles. The van der Waals surface area contributed by atoms with E-state index in [0.717, 1.165) is 18.6 Å². The first-order valence-electron chi connectivity index (χ1n) is 6.98. The zero-order valence-electron chi connectivity index (χ0n) is 12.0. The summed E-state index contributed by atoms with van der Waals surface area (Å²) in [5, 5.41) is 7.23. The monoisotopic (exact) mass is 305 g/mol. The maximum absolute atomic E-state index is 11.8. The second-order valence-electron chi connectivity index (χ2n) is 4.85. The van der Waals surface area contributed by atoms with Crippen molar-refractivity contribution in [2.75, 3.05) is 5.75 Å². The summed E-state index contributed by atoms with van der Waals surface area (Å²) in [7, 11) is 0. The standard InChI is InChI=1S/C15H19N3O2S/c1-12(19)6-5-11-21-15-17-16-14(20)18(15)10-9-13-7-3-2-4-8-13/h2-4,7-8H,5-6,9-11H2,1H3,(H,16,20). The highest BCUT2D eigenvalue weighted by Gasteiger charge is 2.09. The fourth-order valence-corrected chi connectivity index (χ4v) is 2.89. The molecule has 0 unspecified atom stereocenters. The predicted octanol–water partition coefficient (Wildman–Crippen LogP) is 2.28. The van der Waals surface area contributed by atoms with E-state index in [2.05, 4.69) is 10.2 Å². The van der Waals surface area contributed by atoms with Crippen molar-refractivity contribution in [3.8, 4) is 0 Å². The highest BCUT2D eigenvalue weighted by atomic mass is 32.2. The van der Waals surface area contributed by atoms with Gasteiger partial charge in [-0.2, -0.15) is 0 Å². The molecule has 0 atom stereocenters. The van der Waals surface area contributed by atoms with Crippen LogP contribution >= 0.6 is 11.8 Å². The zero-order valence-corrected chi connectivity index (χ0v) is 12.9. The molecule has 6 heteroatoms. The largest absolute Gasteiger partial charge is 0.343 e. The third-order valence-electron chi connectivity index (χ3n) is 3.09. The van der Waals surface area contributed by atoms with Crippen LogP contribution in [-0.4, -0.2) is 26.3 Å². The van der Waals surface area contributed by atoms with Crippen molar-refractivity contribution in [1.29, 1.82) is 0 Å². The number of Topliss-reactive ketones (excluding diaryl/α,β-unsaturated/α-hetero) is 1. The Morgan fingerprint density at radius 3 is 2.81 bits per heavy atom. The molecular weight excluding hydrogens is 286 g/mol. The van der Waals surface area contributed by atoms with Gasteiger partial charge in [0.05, 0.1) is 0 Å². The van der Waals surface area contributed by atoms with E-state index in [1.807, 2.05) is 30.3 Å². The van der Waals surface area contributed by atoms with Gasteiger partial charge in [0.25, 0.3) is 0 Å². The molecule has 0 bridgehead atoms. The number of benzene rings is 1. The van der Waals surface area contributed by atoms with Crippen LogP contribution in [0.1, 0.15) is 25.3 Å². The van der Waals surface area contributed by atoms with E-state index in [-0.39, 0.29) is 11.5 Å². The summed E-state index contributed by atoms with van der Waals surface area (Å²) in [6, 6.07) is 10.1. The first-order valence-corrected chi connectivity index (χ1v) is 7.97. The van der Waals surface area contributed by atoms with Gasteiger partial charge in [0, 0.05) is 18.7 Å². The molecule has 2 aromatic rings. The Hall–Kier alpha value is -1.82. The minimum absolute atomic E-state index is 0.181. The van der Waals surface area contributed by atoms with Crippen molar-refractivity contribution in [2.24, 2.45) is 0 Å². The second-order valence-corrected chi connectivity index (χ2v) is 5.91. The summed E-state index contributed by atoms with van der Waals surface area (Å²) < 4.78 is 1.66. The molecule has 5 nitrogen and oxygen atoms in total. The molecule has 0 spiro atoms. The number of aryl methyl sites for hydroxylation is 1. The van der Waals surface area contributed by atoms with Crippen LogP contribution in [0.4, 0.5) is 0 Å². The van der Waals surface area contributed by atoms with Crippen LogP contribution in [0.2, 0.25) is 0 Å². The number of hydrogen-bond donors (Lipinski definition) is 1. The molecule has 0 aliphatic carbocycles. The van der Waals surface area contributed by atoms with E-state index in [4.69, 9.17) is 0 Å². The van der Waals surface area contributed by atoms with Crippen molar-refractivity contribution in [1.82, 2.24) is 14.8 Å². The Morgan fingerprint density at radius 1 is 1.33 bits per heavy atom. The van der Waals surface area contributed by atoms with Gasteiger partial charge in [0.15, 0.2) is 5.16 Å². The third-order valence-corrected chi connectivity index (χ3v) is 4.16. The fraction of sp³-hybridized carbons (Fsp3) is 0.400. The van der Waals surface area contributed by atoms with Gasteiger partial charge < -0.3 is 4.79 Å². The van der Waals surface area contributed by atoms with E-state index in [0.29, 0.717) is 18.1 Å². The lowest BCUT2D eigenvalue weighted by molar-refractivity contribution is -0.117. The summed E-state index contributed by atoms with van der Waals surface area (Å²) >= 11 is 1.51. The Bertz CT molecular complexity index is 634. The van der Waals surface area contributed by atoms with Crippen LogP contribution in [0, 0.1) is 0 Å². The normalized spacial score (nSPS) is 10.7. The minimum atomic E-state index is -0.181. The Kier molecular flexibility index (Phi) is 5.80. The highest BCUT2D eigenvalue weighted by Crippen LogP contribution is 2.15. The topological polar surface area (TPSA) is 67.8 Å². The van der Waals surface area contributed by atoms with E-state index in [1.165, 1.54) is 17.3 Å². The molecule has 0 saturated carbocycles. The molecule has 1 aromatic carbocycles. The van der Waals surface area contributed by atoms with Crippen LogP contribution < -0.4 is 5.69 Å². The number of hydrogen-bond acceptors (Lipinski definition) is 4. The molecule has 1 N–H and O–H groups in total. The molecule has 112 valence electrons. The van der Waals surface area contributed by atoms with E-state index in [1.54, 1.807) is 11.5 Å². The summed E-state index contributed by atoms with van der Waals surface area (Å²) in [5.74, 6) is 0.981. The maximum atomic E-state index is 11.8. The number of ketones is 1. The number of nitrogens with zero attached hydrogens (tertiary/aromatic N) is 2. The Balaban J connectivity index is 1.91. The zero-order chi connectivity index (χ0) is 15.1. The van der Waals surface area contributed by atoms with Crippen LogP contribution in [0.25, 0.3) is 0 Å². The van der Waals surface area contributed by atoms with Crippen LogP contribution in [0.3, 0.4) is 0 Å². The van der Waals surface area contributed by atoms with E-state index < -0.39 is 0 Å². The Labute approximate surface area is 127 Å². The van der Waals surface area contributed by atoms with Crippen LogP contribution in [0.5, 0.6) is 0 Å². The summed E-state index contributed by atoms with van der Waals surface area (Å²) in [5.41, 5.74) is 1.01. The molecule has 0 amide bonds. The first-order chi connectivity index (χ1) is 10.2. The number of H-pyrrole nitrogens is 1. The smallest absolute Gasteiger partial charge is 0.300 e. The van der Waals surface area contributed by atoms with E-state index in [9.17, 15) is 9.59 Å². The predicted molar refractivity (Wildman–Crippen MR) is 83.6 cm³/mol.